The Kier molecular flexibility index (Phi) is 2.91. The van der Waals surface area contributed by atoms with E-state index in [1.807, 2.05) is 0 Å². The summed E-state index contributed by atoms with van der Waals surface area (Å²) in [5.74, 6) is -0.234. The van der Waals surface area contributed by atoms with Crippen LogP contribution >= 0.6 is 0 Å². The first-order valence-electron chi connectivity index (χ1n) is 4.94. The van der Waals surface area contributed by atoms with E-state index in [0.717, 1.165) is 0 Å². The number of allylic oxidation sites excluding steroid dienone is 3. The van der Waals surface area contributed by atoms with Gasteiger partial charge in [0.1, 0.15) is 0 Å². The van der Waals surface area contributed by atoms with Gasteiger partial charge in [0.15, 0.2) is 0 Å². The lowest BCUT2D eigenvalue weighted by Gasteiger charge is -2.16. The van der Waals surface area contributed by atoms with E-state index < -0.39 is 4.92 Å². The lowest BCUT2D eigenvalue weighted by atomic mass is 10.1. The summed E-state index contributed by atoms with van der Waals surface area (Å²) in [5, 5.41) is 25.4. The van der Waals surface area contributed by atoms with Crippen molar-refractivity contribution >= 4 is 11.4 Å². The van der Waals surface area contributed by atoms with E-state index in [9.17, 15) is 15.2 Å². The van der Waals surface area contributed by atoms with E-state index in [0.29, 0.717) is 11.1 Å². The normalized spacial score (nSPS) is 13.3. The standard InChI is InChI=1S/C12H10N2O3/c15-12(9-4-6-13-7-5-9)10-2-1-3-11(8-10)14(16)17/h1-8,13,15H/p-1. The zero-order chi connectivity index (χ0) is 12.3. The third-order valence-corrected chi connectivity index (χ3v) is 2.30. The van der Waals surface area contributed by atoms with Crippen molar-refractivity contribution < 1.29 is 10.0 Å². The van der Waals surface area contributed by atoms with E-state index >= 15 is 0 Å². The molecule has 1 aromatic carbocycles. The number of non-ortho nitro benzene ring substituents is 1. The van der Waals surface area contributed by atoms with Crippen LogP contribution < -0.4 is 10.4 Å². The molecule has 0 spiro atoms. The molecule has 1 N–H and O–H groups in total. The number of nitro groups is 1. The summed E-state index contributed by atoms with van der Waals surface area (Å²) in [6.07, 6.45) is 6.51. The molecule has 0 fully saturated rings. The molecule has 0 saturated carbocycles. The van der Waals surface area contributed by atoms with Gasteiger partial charge in [0.25, 0.3) is 5.69 Å². The molecular weight excluding hydrogens is 220 g/mol. The molecule has 86 valence electrons. The average Bonchev–Trinajstić information content (AvgIpc) is 2.39. The van der Waals surface area contributed by atoms with Crippen molar-refractivity contribution in [3.63, 3.8) is 0 Å². The van der Waals surface area contributed by atoms with Gasteiger partial charge in [-0.3, -0.25) is 10.1 Å². The van der Waals surface area contributed by atoms with Crippen molar-refractivity contribution in [3.8, 4) is 0 Å². The Balaban J connectivity index is 2.43. The molecule has 17 heavy (non-hydrogen) atoms. The van der Waals surface area contributed by atoms with Crippen LogP contribution in [-0.2, 0) is 0 Å². The van der Waals surface area contributed by atoms with Gasteiger partial charge in [0.05, 0.1) is 4.92 Å². The first-order chi connectivity index (χ1) is 8.18. The number of nitrogens with zero attached hydrogens (tertiary/aromatic N) is 1. The molecule has 5 heteroatoms. The summed E-state index contributed by atoms with van der Waals surface area (Å²) >= 11 is 0. The number of hydrogen-bond acceptors (Lipinski definition) is 4. The largest absolute Gasteiger partial charge is 0.872 e. The Hall–Kier alpha value is -2.56. The maximum Gasteiger partial charge on any atom is 0.270 e. The molecule has 0 aliphatic carbocycles. The molecule has 0 radical (unpaired) electrons. The third-order valence-electron chi connectivity index (χ3n) is 2.30. The first-order valence-corrected chi connectivity index (χ1v) is 4.94. The second kappa shape index (κ2) is 4.52. The number of nitrogens with one attached hydrogen (secondary N) is 1. The Morgan fingerprint density at radius 3 is 2.59 bits per heavy atom. The minimum Gasteiger partial charge on any atom is -0.872 e. The number of dihydropyridines is 1. The number of rotatable bonds is 2. The van der Waals surface area contributed by atoms with E-state index in [2.05, 4.69) is 5.32 Å². The third kappa shape index (κ3) is 2.34. The summed E-state index contributed by atoms with van der Waals surface area (Å²) in [4.78, 5) is 10.1. The highest BCUT2D eigenvalue weighted by Crippen LogP contribution is 2.20. The molecule has 1 aliphatic rings. The van der Waals surface area contributed by atoms with Crippen LogP contribution in [0.1, 0.15) is 5.56 Å². The number of benzene rings is 1. The smallest absolute Gasteiger partial charge is 0.270 e. The summed E-state index contributed by atoms with van der Waals surface area (Å²) in [6.45, 7) is 0. The lowest BCUT2D eigenvalue weighted by Crippen LogP contribution is -2.08. The highest BCUT2D eigenvalue weighted by atomic mass is 16.6. The zero-order valence-electron chi connectivity index (χ0n) is 8.79. The first kappa shape index (κ1) is 10.9. The van der Waals surface area contributed by atoms with Gasteiger partial charge >= 0.3 is 0 Å². The molecule has 1 heterocycles. The monoisotopic (exact) mass is 229 g/mol. The van der Waals surface area contributed by atoms with Crippen LogP contribution in [0, 0.1) is 10.1 Å². The maximum absolute atomic E-state index is 12.0. The van der Waals surface area contributed by atoms with Gasteiger partial charge in [0, 0.05) is 24.5 Å². The maximum atomic E-state index is 12.0. The molecule has 0 bridgehead atoms. The van der Waals surface area contributed by atoms with Crippen molar-refractivity contribution in [1.29, 1.82) is 0 Å². The van der Waals surface area contributed by atoms with E-state index in [1.165, 1.54) is 18.2 Å². The average molecular weight is 229 g/mol. The van der Waals surface area contributed by atoms with E-state index in [1.54, 1.807) is 30.6 Å². The van der Waals surface area contributed by atoms with Crippen LogP contribution in [0.3, 0.4) is 0 Å². The highest BCUT2D eigenvalue weighted by molar-refractivity contribution is 5.68. The van der Waals surface area contributed by atoms with Crippen molar-refractivity contribution in [2.24, 2.45) is 0 Å². The van der Waals surface area contributed by atoms with Gasteiger partial charge in [0.2, 0.25) is 0 Å². The fraction of sp³-hybridized carbons (Fsp3) is 0. The number of hydrogen-bond donors (Lipinski definition) is 1. The van der Waals surface area contributed by atoms with Gasteiger partial charge in [-0.15, -0.1) is 0 Å². The van der Waals surface area contributed by atoms with Crippen LogP contribution in [0.25, 0.3) is 5.76 Å². The molecule has 0 amide bonds. The zero-order valence-corrected chi connectivity index (χ0v) is 8.79. The molecule has 2 rings (SSSR count). The minimum atomic E-state index is -0.518. The molecule has 0 aromatic heterocycles. The second-order valence-corrected chi connectivity index (χ2v) is 3.43. The quantitative estimate of drug-likeness (QED) is 0.471. The van der Waals surface area contributed by atoms with Crippen LogP contribution in [0.2, 0.25) is 0 Å². The molecule has 0 saturated heterocycles. The Morgan fingerprint density at radius 2 is 1.94 bits per heavy atom. The number of nitro benzene ring substituents is 1. The van der Waals surface area contributed by atoms with E-state index in [4.69, 9.17) is 0 Å². The molecule has 1 aliphatic heterocycles. The summed E-state index contributed by atoms with van der Waals surface area (Å²) in [7, 11) is 0. The van der Waals surface area contributed by atoms with Crippen molar-refractivity contribution in [2.45, 2.75) is 0 Å². The molecular formula is C12H9N2O3-. The van der Waals surface area contributed by atoms with Gasteiger partial charge in [-0.2, -0.15) is 0 Å². The SMILES string of the molecule is O=[N+]([O-])c1cccc(C([O-])=C2C=CNC=C2)c1. The highest BCUT2D eigenvalue weighted by Gasteiger charge is 2.06. The van der Waals surface area contributed by atoms with Gasteiger partial charge < -0.3 is 10.4 Å². The van der Waals surface area contributed by atoms with Crippen LogP contribution in [0.4, 0.5) is 5.69 Å². The Morgan fingerprint density at radius 1 is 1.24 bits per heavy atom. The van der Waals surface area contributed by atoms with Gasteiger partial charge in [-0.05, 0) is 23.3 Å². The van der Waals surface area contributed by atoms with Crippen molar-refractivity contribution in [2.75, 3.05) is 0 Å². The topological polar surface area (TPSA) is 78.2 Å². The fourth-order valence-corrected chi connectivity index (χ4v) is 1.47. The summed E-state index contributed by atoms with van der Waals surface area (Å²) in [5.41, 5.74) is 0.716. The summed E-state index contributed by atoms with van der Waals surface area (Å²) < 4.78 is 0. The summed E-state index contributed by atoms with van der Waals surface area (Å²) in [6, 6.07) is 5.70. The van der Waals surface area contributed by atoms with Crippen LogP contribution in [0.15, 0.2) is 54.4 Å². The minimum absolute atomic E-state index is 0.0849. The predicted molar refractivity (Wildman–Crippen MR) is 61.4 cm³/mol. The van der Waals surface area contributed by atoms with Crippen LogP contribution in [-0.4, -0.2) is 4.92 Å². The Bertz CT molecular complexity index is 530. The van der Waals surface area contributed by atoms with Gasteiger partial charge in [-0.25, -0.2) is 0 Å². The molecule has 0 atom stereocenters. The lowest BCUT2D eigenvalue weighted by molar-refractivity contribution is -0.385. The molecule has 5 nitrogen and oxygen atoms in total. The molecule has 0 unspecified atom stereocenters. The van der Waals surface area contributed by atoms with E-state index in [-0.39, 0.29) is 11.4 Å². The van der Waals surface area contributed by atoms with Crippen molar-refractivity contribution in [1.82, 2.24) is 5.32 Å². The van der Waals surface area contributed by atoms with Crippen LogP contribution in [0.5, 0.6) is 0 Å². The van der Waals surface area contributed by atoms with Crippen molar-refractivity contribution in [3.05, 3.63) is 70.1 Å². The fourth-order valence-electron chi connectivity index (χ4n) is 1.47. The Labute approximate surface area is 97.5 Å². The second-order valence-electron chi connectivity index (χ2n) is 3.43. The van der Waals surface area contributed by atoms with Gasteiger partial charge in [-0.1, -0.05) is 17.9 Å². The molecule has 1 aromatic rings. The predicted octanol–water partition coefficient (Wildman–Crippen LogP) is 1.30.